The molecule has 114 valence electrons. The molecule has 0 aliphatic carbocycles. The lowest BCUT2D eigenvalue weighted by atomic mass is 9.85. The van der Waals surface area contributed by atoms with Crippen LogP contribution in [0, 0.1) is 0 Å². The van der Waals surface area contributed by atoms with Crippen LogP contribution >= 0.6 is 0 Å². The Morgan fingerprint density at radius 1 is 0.600 bits per heavy atom. The highest BCUT2D eigenvalue weighted by Crippen LogP contribution is 2.53. The molecule has 0 unspecified atom stereocenters. The van der Waals surface area contributed by atoms with Crippen LogP contribution < -0.4 is 0 Å². The van der Waals surface area contributed by atoms with Crippen molar-refractivity contribution in [3.8, 4) is 0 Å². The van der Waals surface area contributed by atoms with E-state index in [1.54, 1.807) is 20.8 Å². The number of benzene rings is 1. The van der Waals surface area contributed by atoms with Gasteiger partial charge in [-0.25, -0.2) is 4.39 Å². The van der Waals surface area contributed by atoms with E-state index in [1.807, 2.05) is 0 Å². The Bertz CT molecular complexity index is 445. The lowest BCUT2D eigenvalue weighted by Gasteiger charge is -2.30. The molecule has 0 nitrogen and oxygen atoms in total. The number of rotatable bonds is 1. The van der Waals surface area contributed by atoms with E-state index in [9.17, 15) is 30.7 Å². The summed E-state index contributed by atoms with van der Waals surface area (Å²) in [5, 5.41) is 0. The molecule has 0 radical (unpaired) electrons. The zero-order valence-corrected chi connectivity index (χ0v) is 11.0. The first-order valence-electron chi connectivity index (χ1n) is 5.64. The molecule has 0 aliphatic heterocycles. The highest BCUT2D eigenvalue weighted by Gasteiger charge is 2.73. The second-order valence-electron chi connectivity index (χ2n) is 5.48. The lowest BCUT2D eigenvalue weighted by molar-refractivity contribution is -0.348. The number of halogens is 7. The third-order valence-corrected chi connectivity index (χ3v) is 2.93. The number of hydrogen-bond acceptors (Lipinski definition) is 0. The summed E-state index contributed by atoms with van der Waals surface area (Å²) in [5.41, 5.74) is -6.79. The molecule has 0 amide bonds. The van der Waals surface area contributed by atoms with E-state index in [0.717, 1.165) is 12.1 Å². The third-order valence-electron chi connectivity index (χ3n) is 2.93. The second kappa shape index (κ2) is 4.63. The van der Waals surface area contributed by atoms with Gasteiger partial charge in [-0.05, 0) is 11.0 Å². The molecule has 1 rings (SSSR count). The van der Waals surface area contributed by atoms with Crippen molar-refractivity contribution < 1.29 is 30.7 Å². The maximum Gasteiger partial charge on any atom is 0.435 e. The van der Waals surface area contributed by atoms with E-state index in [0.29, 0.717) is 17.7 Å². The predicted molar refractivity (Wildman–Crippen MR) is 60.0 cm³/mol. The normalized spacial score (nSPS) is 14.5. The van der Waals surface area contributed by atoms with E-state index >= 15 is 0 Å². The van der Waals surface area contributed by atoms with Gasteiger partial charge in [0.05, 0.1) is 0 Å². The van der Waals surface area contributed by atoms with Crippen molar-refractivity contribution in [2.75, 3.05) is 0 Å². The van der Waals surface area contributed by atoms with Gasteiger partial charge in [0.2, 0.25) is 0 Å². The van der Waals surface area contributed by atoms with Crippen LogP contribution in [0.3, 0.4) is 0 Å². The van der Waals surface area contributed by atoms with Crippen LogP contribution in [0.25, 0.3) is 0 Å². The summed E-state index contributed by atoms with van der Waals surface area (Å²) in [6, 6.07) is 3.20. The van der Waals surface area contributed by atoms with E-state index in [-0.39, 0.29) is 0 Å². The number of hydrogen-bond donors (Lipinski definition) is 0. The largest absolute Gasteiger partial charge is 0.435 e. The summed E-state index contributed by atoms with van der Waals surface area (Å²) in [4.78, 5) is 0. The molecular weight excluding hydrogens is 289 g/mol. The minimum Gasteiger partial charge on any atom is -0.218 e. The summed E-state index contributed by atoms with van der Waals surface area (Å²) in [5.74, 6) is 0. The van der Waals surface area contributed by atoms with E-state index in [1.165, 1.54) is 0 Å². The first-order valence-corrected chi connectivity index (χ1v) is 5.64. The smallest absolute Gasteiger partial charge is 0.218 e. The van der Waals surface area contributed by atoms with Crippen molar-refractivity contribution in [1.29, 1.82) is 0 Å². The van der Waals surface area contributed by atoms with Gasteiger partial charge < -0.3 is 0 Å². The van der Waals surface area contributed by atoms with Gasteiger partial charge in [0, 0.05) is 5.56 Å². The van der Waals surface area contributed by atoms with Crippen LogP contribution in [0.15, 0.2) is 24.3 Å². The van der Waals surface area contributed by atoms with Gasteiger partial charge in [-0.2, -0.15) is 26.3 Å². The zero-order chi connectivity index (χ0) is 16.0. The standard InChI is InChI=1S/C13H13F7/c1-10(2,3)8-4-6-9(7-5-8)11(14,12(15,16)17)13(18,19)20/h4-7H,1-3H3. The molecule has 7 heteroatoms. The lowest BCUT2D eigenvalue weighted by Crippen LogP contribution is -2.50. The Labute approximate surface area is 111 Å². The molecular formula is C13H13F7. The number of alkyl halides is 7. The van der Waals surface area contributed by atoms with Crippen molar-refractivity contribution in [2.24, 2.45) is 0 Å². The van der Waals surface area contributed by atoms with Crippen LogP contribution in [0.5, 0.6) is 0 Å². The van der Waals surface area contributed by atoms with Gasteiger partial charge in [0.25, 0.3) is 0 Å². The van der Waals surface area contributed by atoms with Crippen LogP contribution in [-0.2, 0) is 11.1 Å². The Morgan fingerprint density at radius 2 is 0.900 bits per heavy atom. The molecule has 20 heavy (non-hydrogen) atoms. The summed E-state index contributed by atoms with van der Waals surface area (Å²) in [7, 11) is 0. The van der Waals surface area contributed by atoms with E-state index < -0.39 is 29.0 Å². The van der Waals surface area contributed by atoms with Gasteiger partial charge in [0.1, 0.15) is 0 Å². The first-order chi connectivity index (χ1) is 8.71. The average molecular weight is 302 g/mol. The third kappa shape index (κ3) is 2.76. The minimum absolute atomic E-state index is 0.464. The van der Waals surface area contributed by atoms with E-state index in [4.69, 9.17) is 0 Å². The Hall–Kier alpha value is -1.27. The average Bonchev–Trinajstić information content (AvgIpc) is 2.24. The van der Waals surface area contributed by atoms with Crippen molar-refractivity contribution >= 4 is 0 Å². The molecule has 1 aromatic carbocycles. The SMILES string of the molecule is CC(C)(C)c1ccc(C(F)(C(F)(F)F)C(F)(F)F)cc1. The molecule has 1 aromatic rings. The molecule has 0 saturated carbocycles. The highest BCUT2D eigenvalue weighted by atomic mass is 19.4. The van der Waals surface area contributed by atoms with Crippen LogP contribution in [0.1, 0.15) is 31.9 Å². The maximum atomic E-state index is 13.7. The minimum atomic E-state index is -6.07. The summed E-state index contributed by atoms with van der Waals surface area (Å²) in [6.45, 7) is 5.20. The predicted octanol–water partition coefficient (Wildman–Crippen LogP) is 5.27. The van der Waals surface area contributed by atoms with Gasteiger partial charge in [-0.3, -0.25) is 0 Å². The van der Waals surface area contributed by atoms with Crippen LogP contribution in [0.4, 0.5) is 30.7 Å². The quantitative estimate of drug-likeness (QED) is 0.620. The molecule has 0 spiro atoms. The van der Waals surface area contributed by atoms with Crippen molar-refractivity contribution in [3.63, 3.8) is 0 Å². The maximum absolute atomic E-state index is 13.7. The fourth-order valence-electron chi connectivity index (χ4n) is 1.69. The fraction of sp³-hybridized carbons (Fsp3) is 0.538. The fourth-order valence-corrected chi connectivity index (χ4v) is 1.69. The summed E-state index contributed by atoms with van der Waals surface area (Å²) in [6.07, 6.45) is -12.1. The molecule has 0 heterocycles. The monoisotopic (exact) mass is 302 g/mol. The van der Waals surface area contributed by atoms with Gasteiger partial charge in [-0.1, -0.05) is 45.0 Å². The van der Waals surface area contributed by atoms with Crippen molar-refractivity contribution in [2.45, 2.75) is 44.2 Å². The van der Waals surface area contributed by atoms with Gasteiger partial charge in [0.15, 0.2) is 0 Å². The Balaban J connectivity index is 3.39. The molecule has 0 fully saturated rings. The van der Waals surface area contributed by atoms with Crippen molar-refractivity contribution in [1.82, 2.24) is 0 Å². The molecule has 0 aromatic heterocycles. The Kier molecular flexibility index (Phi) is 3.89. The first kappa shape index (κ1) is 16.8. The second-order valence-corrected chi connectivity index (χ2v) is 5.48. The van der Waals surface area contributed by atoms with E-state index in [2.05, 4.69) is 0 Å². The van der Waals surface area contributed by atoms with Gasteiger partial charge >= 0.3 is 18.0 Å². The van der Waals surface area contributed by atoms with Crippen LogP contribution in [0.2, 0.25) is 0 Å². The Morgan fingerprint density at radius 3 is 1.15 bits per heavy atom. The molecule has 0 bridgehead atoms. The molecule has 0 aliphatic rings. The summed E-state index contributed by atoms with van der Waals surface area (Å²) < 4.78 is 88.9. The molecule has 0 saturated heterocycles. The zero-order valence-electron chi connectivity index (χ0n) is 11.0. The topological polar surface area (TPSA) is 0 Å². The highest BCUT2D eigenvalue weighted by molar-refractivity contribution is 5.33. The van der Waals surface area contributed by atoms with Crippen molar-refractivity contribution in [3.05, 3.63) is 35.4 Å². The van der Waals surface area contributed by atoms with Gasteiger partial charge in [-0.15, -0.1) is 0 Å². The molecule has 0 N–H and O–H groups in total. The summed E-state index contributed by atoms with van der Waals surface area (Å²) >= 11 is 0. The van der Waals surface area contributed by atoms with Crippen LogP contribution in [-0.4, -0.2) is 12.4 Å². The molecule has 0 atom stereocenters.